The van der Waals surface area contributed by atoms with Gasteiger partial charge in [0, 0.05) is 0 Å². The van der Waals surface area contributed by atoms with Gasteiger partial charge in [0.05, 0.1) is 20.5 Å². The van der Waals surface area contributed by atoms with Crippen LogP contribution < -0.4 is 4.74 Å². The van der Waals surface area contributed by atoms with E-state index in [0.29, 0.717) is 17.3 Å². The van der Waals surface area contributed by atoms with Gasteiger partial charge in [-0.2, -0.15) is 0 Å². The van der Waals surface area contributed by atoms with Crippen molar-refractivity contribution < 1.29 is 19.4 Å². The number of hydrogen-bond acceptors (Lipinski definition) is 5. The first-order valence-corrected chi connectivity index (χ1v) is 9.23. The van der Waals surface area contributed by atoms with E-state index in [1.807, 2.05) is 19.1 Å². The average Bonchev–Trinajstić information content (AvgIpc) is 2.70. The van der Waals surface area contributed by atoms with E-state index >= 15 is 0 Å². The highest BCUT2D eigenvalue weighted by Gasteiger charge is 2.33. The Labute approximate surface area is 159 Å². The third-order valence-corrected chi connectivity index (χ3v) is 5.33. The van der Waals surface area contributed by atoms with Crippen LogP contribution in [0.4, 0.5) is 0 Å². The van der Waals surface area contributed by atoms with Crippen LogP contribution in [0.5, 0.6) is 5.75 Å². The Morgan fingerprint density at radius 1 is 1.43 bits per heavy atom. The van der Waals surface area contributed by atoms with Crippen LogP contribution in [-0.2, 0) is 9.59 Å². The van der Waals surface area contributed by atoms with Crippen LogP contribution in [-0.4, -0.2) is 39.4 Å². The largest absolute Gasteiger partial charge is 0.492 e. The second-order valence-electron chi connectivity index (χ2n) is 4.41. The molecule has 0 aromatic heterocycles. The molecular weight excluding hydrogens is 470 g/mol. The summed E-state index contributed by atoms with van der Waals surface area (Å²) in [6, 6.07) is 3.64. The highest BCUT2D eigenvalue weighted by atomic mass is 79.9. The van der Waals surface area contributed by atoms with Gasteiger partial charge in [0.15, 0.2) is 0 Å². The van der Waals surface area contributed by atoms with Crippen LogP contribution in [0.25, 0.3) is 6.08 Å². The Morgan fingerprint density at radius 3 is 2.57 bits per heavy atom. The van der Waals surface area contributed by atoms with Gasteiger partial charge in [0.25, 0.3) is 5.91 Å². The second-order valence-corrected chi connectivity index (χ2v) is 7.79. The normalized spacial score (nSPS) is 16.3. The zero-order valence-electron chi connectivity index (χ0n) is 11.8. The minimum atomic E-state index is -1.10. The first kappa shape index (κ1) is 18.4. The van der Waals surface area contributed by atoms with Crippen molar-refractivity contribution in [3.05, 3.63) is 31.5 Å². The van der Waals surface area contributed by atoms with Crippen molar-refractivity contribution in [1.29, 1.82) is 0 Å². The van der Waals surface area contributed by atoms with Crippen molar-refractivity contribution in [3.8, 4) is 5.75 Å². The molecule has 0 unspecified atom stereocenters. The Morgan fingerprint density at radius 2 is 2.04 bits per heavy atom. The minimum Gasteiger partial charge on any atom is -0.492 e. The molecule has 5 nitrogen and oxygen atoms in total. The summed E-state index contributed by atoms with van der Waals surface area (Å²) in [6.07, 6.45) is 1.67. The smallest absolute Gasteiger partial charge is 0.323 e. The van der Waals surface area contributed by atoms with E-state index in [9.17, 15) is 9.59 Å². The molecule has 1 heterocycles. The van der Waals surface area contributed by atoms with E-state index in [-0.39, 0.29) is 4.32 Å². The van der Waals surface area contributed by atoms with E-state index in [4.69, 9.17) is 22.1 Å². The lowest BCUT2D eigenvalue weighted by Gasteiger charge is -2.10. The maximum absolute atomic E-state index is 12.2. The summed E-state index contributed by atoms with van der Waals surface area (Å²) >= 11 is 13.0. The molecule has 23 heavy (non-hydrogen) atoms. The standard InChI is InChI=1S/C14H11Br2NO4S2/c1-2-21-12-8(15)3-7(4-9(12)16)5-10-13(20)17(6-11(18)19)14(22)23-10/h3-5H,2,6H2,1H3,(H,18,19). The highest BCUT2D eigenvalue weighted by molar-refractivity contribution is 9.11. The van der Waals surface area contributed by atoms with Gasteiger partial charge in [-0.15, -0.1) is 0 Å². The summed E-state index contributed by atoms with van der Waals surface area (Å²) in [4.78, 5) is 24.5. The fourth-order valence-corrected chi connectivity index (χ4v) is 4.57. The van der Waals surface area contributed by atoms with Crippen molar-refractivity contribution >= 4 is 78.1 Å². The molecular formula is C14H11Br2NO4S2. The Balaban J connectivity index is 2.31. The SMILES string of the molecule is CCOc1c(Br)cc(C=C2SC(=S)N(CC(=O)O)C2=O)cc1Br. The number of thiocarbonyl (C=S) groups is 1. The first-order valence-electron chi connectivity index (χ1n) is 6.42. The monoisotopic (exact) mass is 479 g/mol. The zero-order valence-corrected chi connectivity index (χ0v) is 16.6. The maximum Gasteiger partial charge on any atom is 0.323 e. The van der Waals surface area contributed by atoms with Crippen LogP contribution in [0, 0.1) is 0 Å². The molecule has 9 heteroatoms. The lowest BCUT2D eigenvalue weighted by molar-refractivity contribution is -0.140. The summed E-state index contributed by atoms with van der Waals surface area (Å²) in [5.74, 6) is -0.819. The van der Waals surface area contributed by atoms with Gasteiger partial charge in [-0.05, 0) is 62.6 Å². The Hall–Kier alpha value is -0.900. The van der Waals surface area contributed by atoms with Crippen molar-refractivity contribution in [3.63, 3.8) is 0 Å². The lowest BCUT2D eigenvalue weighted by Crippen LogP contribution is -2.33. The predicted molar refractivity (Wildman–Crippen MR) is 101 cm³/mol. The predicted octanol–water partition coefficient (Wildman–Crippen LogP) is 3.90. The molecule has 1 aromatic rings. The molecule has 0 atom stereocenters. The molecule has 1 amide bonds. The lowest BCUT2D eigenvalue weighted by atomic mass is 10.2. The number of benzene rings is 1. The van der Waals surface area contributed by atoms with Crippen LogP contribution in [0.15, 0.2) is 26.0 Å². The highest BCUT2D eigenvalue weighted by Crippen LogP contribution is 2.37. The molecule has 0 radical (unpaired) electrons. The molecule has 1 aliphatic rings. The summed E-state index contributed by atoms with van der Waals surface area (Å²) in [6.45, 7) is 1.99. The summed E-state index contributed by atoms with van der Waals surface area (Å²) in [5.41, 5.74) is 0.767. The third kappa shape index (κ3) is 4.34. The average molecular weight is 481 g/mol. The molecule has 122 valence electrons. The van der Waals surface area contributed by atoms with Crippen LogP contribution in [0.1, 0.15) is 12.5 Å². The topological polar surface area (TPSA) is 66.8 Å². The molecule has 0 saturated carbocycles. The third-order valence-electron chi connectivity index (χ3n) is 2.77. The molecule has 0 aliphatic carbocycles. The number of nitrogens with zero attached hydrogens (tertiary/aromatic N) is 1. The summed E-state index contributed by atoms with van der Waals surface area (Å²) < 4.78 is 7.26. The number of carbonyl (C=O) groups is 2. The van der Waals surface area contributed by atoms with E-state index in [0.717, 1.165) is 31.2 Å². The van der Waals surface area contributed by atoms with Gasteiger partial charge in [-0.1, -0.05) is 24.0 Å². The number of carboxylic acid groups (broad SMARTS) is 1. The van der Waals surface area contributed by atoms with E-state index in [2.05, 4.69) is 31.9 Å². The fraction of sp³-hybridized carbons (Fsp3) is 0.214. The van der Waals surface area contributed by atoms with Gasteiger partial charge in [-0.3, -0.25) is 14.5 Å². The van der Waals surface area contributed by atoms with Crippen molar-refractivity contribution in [2.45, 2.75) is 6.92 Å². The quantitative estimate of drug-likeness (QED) is 0.509. The number of carbonyl (C=O) groups excluding carboxylic acids is 1. The second kappa shape index (κ2) is 7.78. The molecule has 2 rings (SSSR count). The van der Waals surface area contributed by atoms with E-state index in [1.165, 1.54) is 0 Å². The fourth-order valence-electron chi connectivity index (χ4n) is 1.87. The van der Waals surface area contributed by atoms with Crippen LogP contribution in [0.2, 0.25) is 0 Å². The van der Waals surface area contributed by atoms with Crippen molar-refractivity contribution in [2.24, 2.45) is 0 Å². The first-order chi connectivity index (χ1) is 10.8. The van der Waals surface area contributed by atoms with Gasteiger partial charge in [-0.25, -0.2) is 0 Å². The molecule has 1 aliphatic heterocycles. The Bertz CT molecular complexity index is 698. The maximum atomic E-state index is 12.2. The molecule has 0 spiro atoms. The summed E-state index contributed by atoms with van der Waals surface area (Å²) in [7, 11) is 0. The number of carboxylic acids is 1. The summed E-state index contributed by atoms with van der Waals surface area (Å²) in [5, 5.41) is 8.83. The molecule has 1 aromatic carbocycles. The number of halogens is 2. The van der Waals surface area contributed by atoms with E-state index in [1.54, 1.807) is 6.08 Å². The number of amides is 1. The van der Waals surface area contributed by atoms with Crippen LogP contribution in [0.3, 0.4) is 0 Å². The molecule has 1 N–H and O–H groups in total. The van der Waals surface area contributed by atoms with Crippen molar-refractivity contribution in [2.75, 3.05) is 13.2 Å². The van der Waals surface area contributed by atoms with E-state index < -0.39 is 18.4 Å². The molecule has 1 fully saturated rings. The van der Waals surface area contributed by atoms with Gasteiger partial charge in [0.1, 0.15) is 16.6 Å². The molecule has 1 saturated heterocycles. The number of thioether (sulfide) groups is 1. The van der Waals surface area contributed by atoms with Crippen molar-refractivity contribution in [1.82, 2.24) is 4.90 Å². The Kier molecular flexibility index (Phi) is 6.24. The zero-order chi connectivity index (χ0) is 17.1. The van der Waals surface area contributed by atoms with Crippen LogP contribution >= 0.6 is 55.8 Å². The van der Waals surface area contributed by atoms with Gasteiger partial charge >= 0.3 is 5.97 Å². The number of rotatable bonds is 5. The molecule has 0 bridgehead atoms. The van der Waals surface area contributed by atoms with Gasteiger partial charge < -0.3 is 9.84 Å². The number of ether oxygens (including phenoxy) is 1. The van der Waals surface area contributed by atoms with Gasteiger partial charge in [0.2, 0.25) is 0 Å². The minimum absolute atomic E-state index is 0.243. The number of hydrogen-bond donors (Lipinski definition) is 1. The number of aliphatic carboxylic acids is 1.